The van der Waals surface area contributed by atoms with Crippen molar-refractivity contribution in [2.24, 2.45) is 0 Å². The molecule has 32 heavy (non-hydrogen) atoms. The van der Waals surface area contributed by atoms with Crippen LogP contribution < -0.4 is 0 Å². The van der Waals surface area contributed by atoms with Crippen LogP contribution in [0.4, 0.5) is 0 Å². The molecular formula is C20H24O12. The average molecular weight is 456 g/mol. The van der Waals surface area contributed by atoms with Crippen molar-refractivity contribution in [1.29, 1.82) is 0 Å². The molecule has 2 aromatic rings. The van der Waals surface area contributed by atoms with E-state index in [1.54, 1.807) is 0 Å². The average Bonchev–Trinajstić information content (AvgIpc) is 2.70. The van der Waals surface area contributed by atoms with Gasteiger partial charge < -0.3 is 51.1 Å². The lowest BCUT2D eigenvalue weighted by Crippen LogP contribution is -2.30. The maximum Gasteiger partial charge on any atom is 0.335 e. The Labute approximate surface area is 181 Å². The van der Waals surface area contributed by atoms with Crippen LogP contribution in [-0.4, -0.2) is 68.8 Å². The van der Waals surface area contributed by atoms with Crippen LogP contribution in [0.1, 0.15) is 52.8 Å². The van der Waals surface area contributed by atoms with Crippen molar-refractivity contribution in [2.75, 3.05) is 0 Å². The van der Waals surface area contributed by atoms with Gasteiger partial charge in [0.1, 0.15) is 0 Å². The van der Waals surface area contributed by atoms with Crippen LogP contribution in [0.3, 0.4) is 0 Å². The normalized spacial score (nSPS) is 14.2. The molecular weight excluding hydrogens is 432 g/mol. The number of aromatic hydroxyl groups is 6. The van der Waals surface area contributed by atoms with E-state index in [1.165, 1.54) is 0 Å². The number of phenols is 6. The molecule has 0 unspecified atom stereocenters. The van der Waals surface area contributed by atoms with E-state index in [4.69, 9.17) is 51.1 Å². The van der Waals surface area contributed by atoms with Gasteiger partial charge in [0.2, 0.25) is 0 Å². The molecule has 0 radical (unpaired) electrons. The van der Waals surface area contributed by atoms with E-state index in [1.807, 2.05) is 0 Å². The summed E-state index contributed by atoms with van der Waals surface area (Å²) in [6.45, 7) is 0. The Morgan fingerprint density at radius 3 is 1.06 bits per heavy atom. The van der Waals surface area contributed by atoms with Crippen LogP contribution in [0, 0.1) is 0 Å². The topological polar surface area (TPSA) is 236 Å². The van der Waals surface area contributed by atoms with Crippen LogP contribution in [0.5, 0.6) is 34.5 Å². The van der Waals surface area contributed by atoms with Gasteiger partial charge in [-0.1, -0.05) is 6.42 Å². The molecule has 0 amide bonds. The second-order valence-electron chi connectivity index (χ2n) is 6.88. The number of benzene rings is 2. The van der Waals surface area contributed by atoms with Crippen LogP contribution in [0.15, 0.2) is 24.3 Å². The first-order chi connectivity index (χ1) is 14.7. The van der Waals surface area contributed by atoms with Crippen molar-refractivity contribution in [3.8, 4) is 34.5 Å². The fourth-order valence-electron chi connectivity index (χ4n) is 2.57. The molecule has 0 bridgehead atoms. The molecule has 2 aromatic carbocycles. The lowest BCUT2D eigenvalue weighted by molar-refractivity contribution is -0.180. The Kier molecular flexibility index (Phi) is 8.93. The largest absolute Gasteiger partial charge is 0.504 e. The SMILES string of the molecule is O=C(O)c1cc(O)c(O)c(O)c1.O=C(O)c1cc(O)c(O)c(O)c1.OC1(O)CCCCC1. The highest BCUT2D eigenvalue weighted by atomic mass is 16.5. The van der Waals surface area contributed by atoms with E-state index in [0.29, 0.717) is 12.8 Å². The molecule has 12 heteroatoms. The van der Waals surface area contributed by atoms with E-state index in [-0.39, 0.29) is 11.1 Å². The summed E-state index contributed by atoms with van der Waals surface area (Å²) in [5, 5.41) is 87.8. The van der Waals surface area contributed by atoms with Gasteiger partial charge in [-0.05, 0) is 37.1 Å². The van der Waals surface area contributed by atoms with Gasteiger partial charge in [0.25, 0.3) is 0 Å². The number of hydrogen-bond donors (Lipinski definition) is 10. The monoisotopic (exact) mass is 456 g/mol. The van der Waals surface area contributed by atoms with E-state index in [2.05, 4.69) is 0 Å². The first-order valence-corrected chi connectivity index (χ1v) is 9.16. The second-order valence-corrected chi connectivity index (χ2v) is 6.88. The number of hydrogen-bond acceptors (Lipinski definition) is 10. The predicted octanol–water partition coefficient (Wildman–Crippen LogP) is 1.63. The van der Waals surface area contributed by atoms with Crippen molar-refractivity contribution in [2.45, 2.75) is 37.9 Å². The molecule has 1 aliphatic carbocycles. The highest BCUT2D eigenvalue weighted by molar-refractivity contribution is 5.89. The molecule has 0 saturated heterocycles. The molecule has 1 aliphatic rings. The van der Waals surface area contributed by atoms with Gasteiger partial charge in [0, 0.05) is 12.8 Å². The lowest BCUT2D eigenvalue weighted by atomic mass is 9.95. The van der Waals surface area contributed by atoms with Gasteiger partial charge >= 0.3 is 11.9 Å². The molecule has 0 aliphatic heterocycles. The quantitative estimate of drug-likeness (QED) is 0.229. The van der Waals surface area contributed by atoms with Gasteiger partial charge in [0.15, 0.2) is 40.3 Å². The van der Waals surface area contributed by atoms with Gasteiger partial charge in [-0.2, -0.15) is 0 Å². The van der Waals surface area contributed by atoms with Crippen LogP contribution in [0.2, 0.25) is 0 Å². The third-order valence-electron chi connectivity index (χ3n) is 4.29. The van der Waals surface area contributed by atoms with E-state index < -0.39 is 52.2 Å². The van der Waals surface area contributed by atoms with Gasteiger partial charge in [-0.15, -0.1) is 0 Å². The molecule has 10 N–H and O–H groups in total. The van der Waals surface area contributed by atoms with Crippen LogP contribution >= 0.6 is 0 Å². The summed E-state index contributed by atoms with van der Waals surface area (Å²) in [4.78, 5) is 20.6. The zero-order chi connectivity index (χ0) is 24.6. The minimum atomic E-state index is -1.32. The highest BCUT2D eigenvalue weighted by Crippen LogP contribution is 2.36. The molecule has 1 saturated carbocycles. The third-order valence-corrected chi connectivity index (χ3v) is 4.29. The highest BCUT2D eigenvalue weighted by Gasteiger charge is 2.24. The van der Waals surface area contributed by atoms with E-state index in [0.717, 1.165) is 43.5 Å². The Balaban J connectivity index is 0.000000245. The summed E-state index contributed by atoms with van der Waals surface area (Å²) >= 11 is 0. The summed E-state index contributed by atoms with van der Waals surface area (Å²) in [6, 6.07) is 3.38. The zero-order valence-electron chi connectivity index (χ0n) is 16.6. The summed E-state index contributed by atoms with van der Waals surface area (Å²) in [5.74, 6) is -7.99. The summed E-state index contributed by atoms with van der Waals surface area (Å²) in [6.07, 6.45) is 4.21. The molecule has 0 spiro atoms. The molecule has 1 fully saturated rings. The number of rotatable bonds is 2. The van der Waals surface area contributed by atoms with Crippen molar-refractivity contribution in [3.05, 3.63) is 35.4 Å². The van der Waals surface area contributed by atoms with Crippen LogP contribution in [-0.2, 0) is 0 Å². The fraction of sp³-hybridized carbons (Fsp3) is 0.300. The fourth-order valence-corrected chi connectivity index (χ4v) is 2.57. The zero-order valence-corrected chi connectivity index (χ0v) is 16.6. The lowest BCUT2D eigenvalue weighted by Gasteiger charge is -2.25. The number of carbonyl (C=O) groups is 2. The Bertz CT molecular complexity index is 846. The van der Waals surface area contributed by atoms with Gasteiger partial charge in [-0.25, -0.2) is 9.59 Å². The maximum absolute atomic E-state index is 10.3. The number of phenolic OH excluding ortho intramolecular Hbond substituents is 6. The molecule has 176 valence electrons. The third kappa shape index (κ3) is 7.74. The number of aliphatic hydroxyl groups is 2. The molecule has 0 atom stereocenters. The van der Waals surface area contributed by atoms with E-state index in [9.17, 15) is 9.59 Å². The summed E-state index contributed by atoms with van der Waals surface area (Å²) in [7, 11) is 0. The number of carboxylic acid groups (broad SMARTS) is 2. The van der Waals surface area contributed by atoms with Crippen molar-refractivity contribution in [1.82, 2.24) is 0 Å². The smallest absolute Gasteiger partial charge is 0.335 e. The molecule has 3 rings (SSSR count). The Morgan fingerprint density at radius 1 is 0.594 bits per heavy atom. The van der Waals surface area contributed by atoms with Gasteiger partial charge in [0.05, 0.1) is 11.1 Å². The minimum Gasteiger partial charge on any atom is -0.504 e. The Hall–Kier alpha value is -3.90. The molecule has 0 heterocycles. The number of aromatic carboxylic acids is 2. The van der Waals surface area contributed by atoms with Crippen molar-refractivity contribution < 1.29 is 60.7 Å². The summed E-state index contributed by atoms with van der Waals surface area (Å²) < 4.78 is 0. The molecule has 0 aromatic heterocycles. The minimum absolute atomic E-state index is 0.289. The second kappa shape index (κ2) is 10.9. The first-order valence-electron chi connectivity index (χ1n) is 9.16. The number of carboxylic acids is 2. The van der Waals surface area contributed by atoms with Crippen LogP contribution in [0.25, 0.3) is 0 Å². The predicted molar refractivity (Wildman–Crippen MR) is 107 cm³/mol. The van der Waals surface area contributed by atoms with Crippen molar-refractivity contribution >= 4 is 11.9 Å². The Morgan fingerprint density at radius 2 is 0.875 bits per heavy atom. The standard InChI is InChI=1S/2C7H6O5.C6H12O2/c2*8-4-1-3(7(11)12)2-5(9)6(4)10;7-6(8)4-2-1-3-5-6/h2*1-2,8-10H,(H,11,12);7-8H,1-5H2. The summed E-state index contributed by atoms with van der Waals surface area (Å²) in [5.41, 5.74) is -0.578. The van der Waals surface area contributed by atoms with Crippen molar-refractivity contribution in [3.63, 3.8) is 0 Å². The van der Waals surface area contributed by atoms with Gasteiger partial charge in [-0.3, -0.25) is 0 Å². The molecule has 12 nitrogen and oxygen atoms in total. The van der Waals surface area contributed by atoms with E-state index >= 15 is 0 Å². The first kappa shape index (κ1) is 26.1. The maximum atomic E-state index is 10.3.